The number of fused-ring (bicyclic) bond motifs is 1. The van der Waals surface area contributed by atoms with Crippen LogP contribution in [0.5, 0.6) is 0 Å². The number of Topliss-reactive ketones (excluding diaryl/α,β-unsaturated/α-hetero) is 2. The molecule has 400 valence electrons. The topological polar surface area (TPSA) is 223 Å². The highest BCUT2D eigenvalue weighted by atomic mass is 16.8. The van der Waals surface area contributed by atoms with Crippen molar-refractivity contribution in [3.05, 3.63) is 130 Å². The van der Waals surface area contributed by atoms with E-state index in [1.54, 1.807) is 13.8 Å². The maximum absolute atomic E-state index is 13.4. The number of aliphatic hydroxyl groups excluding tert-OH is 4. The zero-order chi connectivity index (χ0) is 55.1. The smallest absolute Gasteiger partial charge is 0.343 e. The molecule has 0 aromatic carbocycles. The summed E-state index contributed by atoms with van der Waals surface area (Å²) in [5, 5.41) is 54.7. The molecule has 2 unspecified atom stereocenters. The summed E-state index contributed by atoms with van der Waals surface area (Å²) < 4.78 is 22.5. The highest BCUT2D eigenvalue weighted by molar-refractivity contribution is 6.01. The number of hydrogen-bond acceptors (Lipinski definition) is 14. The van der Waals surface area contributed by atoms with Crippen LogP contribution in [0.1, 0.15) is 116 Å². The first-order chi connectivity index (χ1) is 34.3. The number of rotatable bonds is 10. The van der Waals surface area contributed by atoms with Gasteiger partial charge in [-0.2, -0.15) is 0 Å². The molecule has 14 heteroatoms. The summed E-state index contributed by atoms with van der Waals surface area (Å²) in [5.74, 6) is -4.67. The molecule has 4 saturated heterocycles. The minimum Gasteiger partial charge on any atom is -0.459 e. The molecule has 0 aromatic rings. The van der Waals surface area contributed by atoms with Crippen LogP contribution in [0, 0.1) is 38.9 Å². The molecule has 0 radical (unpaired) electrons. The van der Waals surface area contributed by atoms with Crippen LogP contribution in [-0.4, -0.2) is 109 Å². The van der Waals surface area contributed by atoms with Gasteiger partial charge in [-0.15, -0.1) is 0 Å². The Bertz CT molecular complexity index is 2630. The van der Waals surface area contributed by atoms with E-state index in [2.05, 4.69) is 65.8 Å². The Morgan fingerprint density at radius 3 is 1.54 bits per heavy atom. The number of carbonyl (C=O) groups excluding carboxylic acids is 5. The number of allylic oxidation sites excluding steroid dienone is 20. The molecule has 0 aromatic heterocycles. The van der Waals surface area contributed by atoms with E-state index in [1.165, 1.54) is 6.92 Å². The number of ketones is 2. The fraction of sp³-hybridized carbons (Fsp3) is 0.550. The van der Waals surface area contributed by atoms with Gasteiger partial charge < -0.3 is 44.5 Å². The Hall–Kier alpha value is -5.35. The van der Waals surface area contributed by atoms with Gasteiger partial charge >= 0.3 is 17.9 Å². The molecule has 13 atom stereocenters. The normalized spacial score (nSPS) is 39.0. The first-order valence-corrected chi connectivity index (χ1v) is 25.6. The SMILES string of the molecule is CC1=C(/C=C/C(C)=C/C=C/C(C)=C/C=C/C=C(C)/C=C/C=C(C)/C=C/C2=C(C)C(=O)C(O)CC2(C)C)C(C)(C)CC(O)C1=O.C[C@@H]1C(=O)O[C@H]2[C@H](O)[C@@]34[C@H]5C[C@@H](C(C)(C)C)[C@]36[C@@H](OC(=O)[C@@H]6O)O[C@@]4(C(=O)O5)[C@@]12O. The van der Waals surface area contributed by atoms with Crippen molar-refractivity contribution in [2.24, 2.45) is 38.9 Å². The second-order valence-corrected chi connectivity index (χ2v) is 24.1. The van der Waals surface area contributed by atoms with Crippen LogP contribution in [-0.2, 0) is 42.9 Å². The summed E-state index contributed by atoms with van der Waals surface area (Å²) in [7, 11) is 0. The van der Waals surface area contributed by atoms with Gasteiger partial charge in [0.15, 0.2) is 29.4 Å². The zero-order valence-corrected chi connectivity index (χ0v) is 45.3. The molecular formula is C60H76O14. The highest BCUT2D eigenvalue weighted by Crippen LogP contribution is 2.84. The second-order valence-electron chi connectivity index (χ2n) is 24.1. The van der Waals surface area contributed by atoms with Gasteiger partial charge in [-0.3, -0.25) is 14.4 Å². The molecule has 4 aliphatic heterocycles. The molecular weight excluding hydrogens is 945 g/mol. The fourth-order valence-corrected chi connectivity index (χ4v) is 13.7. The summed E-state index contributed by atoms with van der Waals surface area (Å²) in [6.45, 7) is 27.2. The molecule has 14 nitrogen and oxygen atoms in total. The van der Waals surface area contributed by atoms with Crippen molar-refractivity contribution in [1.29, 1.82) is 0 Å². The second kappa shape index (κ2) is 19.7. The lowest BCUT2D eigenvalue weighted by Crippen LogP contribution is -2.67. The van der Waals surface area contributed by atoms with Crippen LogP contribution in [0.4, 0.5) is 0 Å². The van der Waals surface area contributed by atoms with E-state index in [4.69, 9.17) is 18.9 Å². The largest absolute Gasteiger partial charge is 0.459 e. The van der Waals surface area contributed by atoms with Crippen molar-refractivity contribution < 1.29 is 68.5 Å². The van der Waals surface area contributed by atoms with Crippen LogP contribution in [0.3, 0.4) is 0 Å². The van der Waals surface area contributed by atoms with E-state index in [0.29, 0.717) is 24.0 Å². The molecule has 8 rings (SSSR count). The maximum Gasteiger partial charge on any atom is 0.343 e. The van der Waals surface area contributed by atoms with E-state index >= 15 is 0 Å². The predicted molar refractivity (Wildman–Crippen MR) is 277 cm³/mol. The van der Waals surface area contributed by atoms with Gasteiger partial charge in [0.25, 0.3) is 0 Å². The van der Waals surface area contributed by atoms with Gasteiger partial charge in [-0.25, -0.2) is 9.59 Å². The number of carbonyl (C=O) groups is 5. The van der Waals surface area contributed by atoms with E-state index in [0.717, 1.165) is 33.4 Å². The van der Waals surface area contributed by atoms with Gasteiger partial charge in [-0.1, -0.05) is 156 Å². The number of esters is 3. The standard InChI is InChI=1S/C40H52O4.C20H24O10/c1-27(17-13-19-29(3)21-23-33-31(5)37(43)35(41)25-39(33,7)8)15-11-12-16-28(2)18-14-20-30(4)22-24-34-32(6)38(44)36(42)26-40(34,9)10;1-6-12(23)28-11-9(21)18-8-5-7(16(2,3)4)17(18)10(22)13(24)29-15(17)30-20(18,14(25)27-8)19(6,11)26/h11-24,35-36,41-42H,25-26H2,1-10H3;6-11,15,21-22,26H,5H2,1-4H3/b12-11+,17-13+,18-14+,23-21+,24-22+,27-15+,28-16+,29-19+,30-20+;/t;6-,7+,8-,9+,10+,11+,15+,17+,18+,19-,20-/m.1/s1. The lowest BCUT2D eigenvalue weighted by atomic mass is 9.51. The molecule has 4 aliphatic carbocycles. The lowest BCUT2D eigenvalue weighted by Gasteiger charge is -2.47. The Kier molecular flexibility index (Phi) is 15.0. The Balaban J connectivity index is 0.000000230. The summed E-state index contributed by atoms with van der Waals surface area (Å²) in [4.78, 5) is 62.7. The molecule has 8 aliphatic rings. The Labute approximate surface area is 435 Å². The van der Waals surface area contributed by atoms with Gasteiger partial charge in [0.1, 0.15) is 24.4 Å². The van der Waals surface area contributed by atoms with Crippen molar-refractivity contribution in [3.63, 3.8) is 0 Å². The maximum atomic E-state index is 13.4. The van der Waals surface area contributed by atoms with Crippen molar-refractivity contribution in [1.82, 2.24) is 0 Å². The average molecular weight is 1020 g/mol. The molecule has 74 heavy (non-hydrogen) atoms. The van der Waals surface area contributed by atoms with Gasteiger partial charge in [0.2, 0.25) is 11.9 Å². The van der Waals surface area contributed by atoms with Crippen molar-refractivity contribution in [2.75, 3.05) is 0 Å². The summed E-state index contributed by atoms with van der Waals surface area (Å²) in [6.07, 6.45) is 20.6. The van der Waals surface area contributed by atoms with E-state index in [-0.39, 0.29) is 28.8 Å². The van der Waals surface area contributed by atoms with Crippen LogP contribution in [0.25, 0.3) is 0 Å². The van der Waals surface area contributed by atoms with Crippen molar-refractivity contribution >= 4 is 29.5 Å². The van der Waals surface area contributed by atoms with Crippen LogP contribution in [0.2, 0.25) is 0 Å². The summed E-state index contributed by atoms with van der Waals surface area (Å²) >= 11 is 0. The minimum absolute atomic E-state index is 0.175. The Morgan fingerprint density at radius 1 is 0.635 bits per heavy atom. The quantitative estimate of drug-likeness (QED) is 0.0811. The molecule has 6 fully saturated rings. The molecule has 2 saturated carbocycles. The molecule has 4 heterocycles. The van der Waals surface area contributed by atoms with E-state index in [9.17, 15) is 49.5 Å². The molecule has 5 N–H and O–H groups in total. The first-order valence-electron chi connectivity index (χ1n) is 25.6. The summed E-state index contributed by atoms with van der Waals surface area (Å²) in [5.41, 5.74) is -1.10. The van der Waals surface area contributed by atoms with Gasteiger partial charge in [-0.05, 0) is 112 Å². The van der Waals surface area contributed by atoms with Crippen molar-refractivity contribution in [3.8, 4) is 0 Å². The van der Waals surface area contributed by atoms with E-state index < -0.39 is 100 Å². The molecule has 0 amide bonds. The van der Waals surface area contributed by atoms with E-state index in [1.807, 2.05) is 95.4 Å². The van der Waals surface area contributed by atoms with Crippen LogP contribution in [0.15, 0.2) is 130 Å². The highest BCUT2D eigenvalue weighted by Gasteiger charge is 3.03. The predicted octanol–water partition coefficient (Wildman–Crippen LogP) is 7.54. The third-order valence-corrected chi connectivity index (χ3v) is 17.3. The first kappa shape index (κ1) is 56.4. The van der Waals surface area contributed by atoms with Gasteiger partial charge in [0, 0.05) is 0 Å². The third-order valence-electron chi connectivity index (χ3n) is 17.3. The Morgan fingerprint density at radius 2 is 1.08 bits per heavy atom. The van der Waals surface area contributed by atoms with Crippen molar-refractivity contribution in [2.45, 2.75) is 170 Å². The number of ether oxygens (including phenoxy) is 4. The van der Waals surface area contributed by atoms with Crippen LogP contribution >= 0.6 is 0 Å². The monoisotopic (exact) mass is 1020 g/mol. The molecule has 0 bridgehead atoms. The lowest BCUT2D eigenvalue weighted by molar-refractivity contribution is -0.239. The average Bonchev–Trinajstić information content (AvgIpc) is 4.03. The van der Waals surface area contributed by atoms with Gasteiger partial charge in [0.05, 0.1) is 16.7 Å². The number of hydrogen-bond donors (Lipinski definition) is 5. The molecule has 2 spiro atoms. The fourth-order valence-electron chi connectivity index (χ4n) is 13.7. The zero-order valence-electron chi connectivity index (χ0n) is 45.3. The minimum atomic E-state index is -2.24. The van der Waals surface area contributed by atoms with Crippen LogP contribution < -0.4 is 0 Å². The summed E-state index contributed by atoms with van der Waals surface area (Å²) in [6, 6.07) is 0. The number of aliphatic hydroxyl groups is 5. The third kappa shape index (κ3) is 8.52.